The molecule has 3 heterocycles. The van der Waals surface area contributed by atoms with Crippen LogP contribution < -0.4 is 14.9 Å². The molecule has 2 aliphatic rings. The topological polar surface area (TPSA) is 90.6 Å². The summed E-state index contributed by atoms with van der Waals surface area (Å²) in [5, 5.41) is 11.6. The number of nitrogens with zero attached hydrogens (tertiary/aromatic N) is 3. The van der Waals surface area contributed by atoms with Crippen molar-refractivity contribution in [3.8, 4) is 11.3 Å². The third-order valence-electron chi connectivity index (χ3n) is 7.31. The number of halogens is 1. The summed E-state index contributed by atoms with van der Waals surface area (Å²) >= 11 is 4.61. The first kappa shape index (κ1) is 24.7. The number of hydrogen-bond acceptors (Lipinski definition) is 6. The van der Waals surface area contributed by atoms with Gasteiger partial charge in [-0.2, -0.15) is 0 Å². The Labute approximate surface area is 240 Å². The maximum atomic E-state index is 13.9. The minimum Gasteiger partial charge on any atom is -0.456 e. The Morgan fingerprint density at radius 3 is 2.62 bits per heavy atom. The lowest BCUT2D eigenvalue weighted by Gasteiger charge is -2.30. The molecule has 0 spiro atoms. The maximum Gasteiger partial charge on any atom is 0.281 e. The SMILES string of the molecule is O=c1/c(=C/c2ccc(-c3ccc(Br)cc3[N+](=O)[O-])o2)sc2n1[C@@H](c1ccccc1)C1=C(N=2)c2ccccc2CC1. The summed E-state index contributed by atoms with van der Waals surface area (Å²) in [6, 6.07) is 26.4. The van der Waals surface area contributed by atoms with Crippen LogP contribution in [0.1, 0.15) is 34.9 Å². The van der Waals surface area contributed by atoms with E-state index in [2.05, 4.69) is 46.3 Å². The molecule has 0 N–H and O–H groups in total. The highest BCUT2D eigenvalue weighted by molar-refractivity contribution is 9.10. The minimum atomic E-state index is -0.441. The molecule has 40 heavy (non-hydrogen) atoms. The zero-order valence-electron chi connectivity index (χ0n) is 20.9. The van der Waals surface area contributed by atoms with Crippen molar-refractivity contribution in [2.75, 3.05) is 0 Å². The van der Waals surface area contributed by atoms with Gasteiger partial charge in [0.25, 0.3) is 11.2 Å². The molecule has 1 atom stereocenters. The molecule has 0 fully saturated rings. The fourth-order valence-electron chi connectivity index (χ4n) is 5.53. The first-order valence-electron chi connectivity index (χ1n) is 12.7. The number of nitro benzene ring substituents is 1. The Morgan fingerprint density at radius 2 is 1.80 bits per heavy atom. The van der Waals surface area contributed by atoms with E-state index >= 15 is 0 Å². The highest BCUT2D eigenvalue weighted by Crippen LogP contribution is 2.41. The predicted octanol–water partition coefficient (Wildman–Crippen LogP) is 6.25. The van der Waals surface area contributed by atoms with Crippen molar-refractivity contribution in [1.82, 2.24) is 4.57 Å². The molecule has 3 aromatic carbocycles. The zero-order chi connectivity index (χ0) is 27.4. The Hall–Kier alpha value is -4.34. The summed E-state index contributed by atoms with van der Waals surface area (Å²) in [5.41, 5.74) is 5.68. The Kier molecular flexibility index (Phi) is 5.98. The Balaban J connectivity index is 1.38. The number of aryl methyl sites for hydroxylation is 1. The lowest BCUT2D eigenvalue weighted by atomic mass is 9.83. The summed E-state index contributed by atoms with van der Waals surface area (Å²) in [6.07, 6.45) is 3.42. The molecule has 0 saturated carbocycles. The van der Waals surface area contributed by atoms with Gasteiger partial charge >= 0.3 is 0 Å². The van der Waals surface area contributed by atoms with E-state index in [0.717, 1.165) is 35.2 Å². The molecule has 1 aliphatic heterocycles. The van der Waals surface area contributed by atoms with Crippen LogP contribution in [0.15, 0.2) is 109 Å². The largest absolute Gasteiger partial charge is 0.456 e. The predicted molar refractivity (Wildman–Crippen MR) is 158 cm³/mol. The monoisotopic (exact) mass is 609 g/mol. The van der Waals surface area contributed by atoms with Crippen LogP contribution >= 0.6 is 27.3 Å². The molecular formula is C31H20BrN3O4S. The van der Waals surface area contributed by atoms with Crippen LogP contribution in [-0.4, -0.2) is 9.49 Å². The number of benzene rings is 3. The summed E-state index contributed by atoms with van der Waals surface area (Å²) in [6.45, 7) is 0. The van der Waals surface area contributed by atoms with E-state index in [0.29, 0.717) is 30.9 Å². The maximum absolute atomic E-state index is 13.9. The molecule has 0 radical (unpaired) electrons. The van der Waals surface area contributed by atoms with Gasteiger partial charge in [0.05, 0.1) is 26.8 Å². The van der Waals surface area contributed by atoms with Gasteiger partial charge in [-0.25, -0.2) is 4.99 Å². The van der Waals surface area contributed by atoms with E-state index in [-0.39, 0.29) is 17.3 Å². The van der Waals surface area contributed by atoms with E-state index in [4.69, 9.17) is 9.41 Å². The van der Waals surface area contributed by atoms with Crippen LogP contribution in [0.2, 0.25) is 0 Å². The molecule has 196 valence electrons. The van der Waals surface area contributed by atoms with Crippen LogP contribution in [0.5, 0.6) is 0 Å². The molecule has 2 aromatic heterocycles. The molecule has 1 aliphatic carbocycles. The fourth-order valence-corrected chi connectivity index (χ4v) is 6.86. The molecule has 0 unspecified atom stereocenters. The van der Waals surface area contributed by atoms with Crippen molar-refractivity contribution in [3.63, 3.8) is 0 Å². The normalized spacial score (nSPS) is 16.2. The van der Waals surface area contributed by atoms with Crippen molar-refractivity contribution >= 4 is 44.7 Å². The molecule has 5 aromatic rings. The van der Waals surface area contributed by atoms with E-state index in [9.17, 15) is 14.9 Å². The van der Waals surface area contributed by atoms with Gasteiger partial charge in [0, 0.05) is 22.2 Å². The zero-order valence-corrected chi connectivity index (χ0v) is 23.3. The van der Waals surface area contributed by atoms with Crippen LogP contribution in [0.4, 0.5) is 5.69 Å². The minimum absolute atomic E-state index is 0.0663. The second-order valence-electron chi connectivity index (χ2n) is 9.64. The van der Waals surface area contributed by atoms with Crippen LogP contribution in [0, 0.1) is 10.1 Å². The van der Waals surface area contributed by atoms with Gasteiger partial charge < -0.3 is 4.42 Å². The second-order valence-corrected chi connectivity index (χ2v) is 11.6. The molecule has 0 amide bonds. The number of furan rings is 1. The van der Waals surface area contributed by atoms with Crippen molar-refractivity contribution in [1.29, 1.82) is 0 Å². The smallest absolute Gasteiger partial charge is 0.281 e. The summed E-state index contributed by atoms with van der Waals surface area (Å²) in [5.74, 6) is 0.787. The van der Waals surface area contributed by atoms with E-state index in [1.807, 2.05) is 24.3 Å². The highest BCUT2D eigenvalue weighted by Gasteiger charge is 2.32. The van der Waals surface area contributed by atoms with Gasteiger partial charge in [-0.3, -0.25) is 19.5 Å². The second kappa shape index (κ2) is 9.69. The Morgan fingerprint density at radius 1 is 1.00 bits per heavy atom. The fraction of sp³-hybridized carbons (Fsp3) is 0.0968. The Bertz CT molecular complexity index is 2040. The van der Waals surface area contributed by atoms with Crippen LogP contribution in [-0.2, 0) is 6.42 Å². The molecular weight excluding hydrogens is 590 g/mol. The van der Waals surface area contributed by atoms with Gasteiger partial charge in [-0.1, -0.05) is 81.9 Å². The summed E-state index contributed by atoms with van der Waals surface area (Å²) in [7, 11) is 0. The van der Waals surface area contributed by atoms with Gasteiger partial charge in [-0.05, 0) is 53.8 Å². The third kappa shape index (κ3) is 4.09. The van der Waals surface area contributed by atoms with Crippen LogP contribution in [0.3, 0.4) is 0 Å². The standard InChI is InChI=1S/C31H20BrN3O4S/c32-20-11-14-23(25(16-20)35(37)38)26-15-12-21(39-26)17-27-30(36)34-29(19-7-2-1-3-8-19)24-13-10-18-6-4-5-9-22(18)28(24)33-31(34)40-27/h1-9,11-12,14-17,29H,10,13H2/b27-17-/t29-/m0/s1. The van der Waals surface area contributed by atoms with E-state index in [1.165, 1.54) is 23.0 Å². The number of aromatic nitrogens is 1. The average Bonchev–Trinajstić information content (AvgIpc) is 3.56. The van der Waals surface area contributed by atoms with Gasteiger partial charge in [-0.15, -0.1) is 0 Å². The number of nitro groups is 1. The van der Waals surface area contributed by atoms with Gasteiger partial charge in [0.2, 0.25) is 0 Å². The molecule has 7 nitrogen and oxygen atoms in total. The molecule has 0 saturated heterocycles. The van der Waals surface area contributed by atoms with Gasteiger partial charge in [0.1, 0.15) is 11.5 Å². The molecule has 7 rings (SSSR count). The van der Waals surface area contributed by atoms with E-state index in [1.54, 1.807) is 34.9 Å². The molecule has 9 heteroatoms. The number of rotatable bonds is 4. The molecule has 0 bridgehead atoms. The third-order valence-corrected chi connectivity index (χ3v) is 8.79. The van der Waals surface area contributed by atoms with Crippen LogP contribution in [0.25, 0.3) is 23.1 Å². The average molecular weight is 610 g/mol. The quantitative estimate of drug-likeness (QED) is 0.178. The lowest BCUT2D eigenvalue weighted by Crippen LogP contribution is -2.38. The highest BCUT2D eigenvalue weighted by atomic mass is 79.9. The lowest BCUT2D eigenvalue weighted by molar-refractivity contribution is -0.384. The number of thiazole rings is 1. The van der Waals surface area contributed by atoms with Crippen molar-refractivity contribution in [2.24, 2.45) is 4.99 Å². The van der Waals surface area contributed by atoms with Crippen molar-refractivity contribution < 1.29 is 9.34 Å². The number of hydrogen-bond donors (Lipinski definition) is 0. The van der Waals surface area contributed by atoms with Crippen molar-refractivity contribution in [3.05, 3.63) is 147 Å². The number of fused-ring (bicyclic) bond motifs is 3. The first-order valence-corrected chi connectivity index (χ1v) is 14.3. The van der Waals surface area contributed by atoms with Crippen molar-refractivity contribution in [2.45, 2.75) is 18.9 Å². The summed E-state index contributed by atoms with van der Waals surface area (Å²) in [4.78, 5) is 30.7. The summed E-state index contributed by atoms with van der Waals surface area (Å²) < 4.78 is 8.87. The van der Waals surface area contributed by atoms with E-state index < -0.39 is 4.92 Å². The first-order chi connectivity index (χ1) is 19.5. The van der Waals surface area contributed by atoms with Gasteiger partial charge in [0.15, 0.2) is 4.80 Å². The number of allylic oxidation sites excluding steroid dienone is 1.